The minimum Gasteiger partial charge on any atom is -0.366 e. The number of nitriles is 1. The second kappa shape index (κ2) is 10.4. The third-order valence-electron chi connectivity index (χ3n) is 6.24. The summed E-state index contributed by atoms with van der Waals surface area (Å²) in [6, 6.07) is 13.0. The van der Waals surface area contributed by atoms with Crippen LogP contribution in [-0.4, -0.2) is 58.3 Å². The zero-order valence-corrected chi connectivity index (χ0v) is 19.9. The molecule has 4 rings (SSSR count). The highest BCUT2D eigenvalue weighted by atomic mass is 16.1. The number of anilines is 3. The number of carbonyl (C=O) groups excluding carboxylic acids is 1. The molecule has 1 fully saturated rings. The van der Waals surface area contributed by atoms with Crippen molar-refractivity contribution in [3.05, 3.63) is 64.1 Å². The van der Waals surface area contributed by atoms with Crippen LogP contribution in [-0.2, 0) is 7.05 Å². The number of hydrogen-bond donors (Lipinski definition) is 2. The molecule has 0 aliphatic carbocycles. The maximum atomic E-state index is 12.8. The first kappa shape index (κ1) is 23.9. The summed E-state index contributed by atoms with van der Waals surface area (Å²) < 4.78 is 1.49. The Morgan fingerprint density at radius 3 is 2.60 bits per heavy atom. The van der Waals surface area contributed by atoms with Crippen LogP contribution in [0.4, 0.5) is 17.3 Å². The van der Waals surface area contributed by atoms with Crippen molar-refractivity contribution in [2.24, 2.45) is 12.8 Å². The average molecular weight is 473 g/mol. The van der Waals surface area contributed by atoms with Gasteiger partial charge in [0.05, 0.1) is 6.07 Å². The average Bonchev–Trinajstić information content (AvgIpc) is 2.86. The van der Waals surface area contributed by atoms with Gasteiger partial charge >= 0.3 is 0 Å². The summed E-state index contributed by atoms with van der Waals surface area (Å²) in [5, 5.41) is 20.5. The van der Waals surface area contributed by atoms with Gasteiger partial charge in [-0.3, -0.25) is 14.5 Å². The fourth-order valence-electron chi connectivity index (χ4n) is 4.27. The summed E-state index contributed by atoms with van der Waals surface area (Å²) in [5.74, 6) is 0.737. The van der Waals surface area contributed by atoms with Gasteiger partial charge in [0.1, 0.15) is 5.69 Å². The number of aryl methyl sites for hydroxylation is 1. The predicted octanol–water partition coefficient (Wildman–Crippen LogP) is 2.03. The zero-order chi connectivity index (χ0) is 24.9. The lowest BCUT2D eigenvalue weighted by Crippen LogP contribution is -2.46. The van der Waals surface area contributed by atoms with Crippen molar-refractivity contribution in [3.8, 4) is 17.2 Å². The summed E-state index contributed by atoms with van der Waals surface area (Å²) in [5.41, 5.74) is 8.42. The van der Waals surface area contributed by atoms with Crippen LogP contribution in [0.3, 0.4) is 0 Å². The maximum Gasteiger partial charge on any atom is 0.274 e. The Morgan fingerprint density at radius 2 is 1.94 bits per heavy atom. The van der Waals surface area contributed by atoms with E-state index in [4.69, 9.17) is 11.0 Å². The van der Waals surface area contributed by atoms with E-state index >= 15 is 0 Å². The molecule has 3 heterocycles. The van der Waals surface area contributed by atoms with Gasteiger partial charge in [0.15, 0.2) is 11.6 Å². The fraction of sp³-hybridized carbons (Fsp3) is 0.320. The van der Waals surface area contributed by atoms with Crippen molar-refractivity contribution >= 4 is 23.2 Å². The Balaban J connectivity index is 1.52. The molecule has 1 saturated heterocycles. The predicted molar refractivity (Wildman–Crippen MR) is 135 cm³/mol. The molecule has 3 aromatic rings. The molecular weight excluding hydrogens is 444 g/mol. The highest BCUT2D eigenvalue weighted by Crippen LogP contribution is 2.27. The van der Waals surface area contributed by atoms with E-state index in [-0.39, 0.29) is 5.56 Å². The number of carbonyl (C=O) groups is 1. The van der Waals surface area contributed by atoms with E-state index in [9.17, 15) is 9.59 Å². The largest absolute Gasteiger partial charge is 0.366 e. The lowest BCUT2D eigenvalue weighted by molar-refractivity contribution is 0.0999. The highest BCUT2D eigenvalue weighted by Gasteiger charge is 2.18. The Morgan fingerprint density at radius 1 is 1.17 bits per heavy atom. The number of primary amides is 1. The SMILES string of the molecule is Cc1c(C(N)=O)cccc1-c1cc(Nc2ccc(N3CCN(CCC#N)CC3)nn2)c(=O)n(C)c1. The number of nitrogens with two attached hydrogens (primary N) is 1. The van der Waals surface area contributed by atoms with Gasteiger partial charge in [-0.2, -0.15) is 5.26 Å². The normalized spacial score (nSPS) is 13.9. The van der Waals surface area contributed by atoms with Crippen LogP contribution in [0.5, 0.6) is 0 Å². The lowest BCUT2D eigenvalue weighted by atomic mass is 9.97. The second-order valence-electron chi connectivity index (χ2n) is 8.54. The van der Waals surface area contributed by atoms with E-state index in [0.29, 0.717) is 23.5 Å². The minimum atomic E-state index is -0.494. The Bertz CT molecular complexity index is 1320. The molecule has 180 valence electrons. The second-order valence-corrected chi connectivity index (χ2v) is 8.54. The lowest BCUT2D eigenvalue weighted by Gasteiger charge is -2.34. The first-order valence-electron chi connectivity index (χ1n) is 11.4. The van der Waals surface area contributed by atoms with Crippen LogP contribution in [0, 0.1) is 18.3 Å². The van der Waals surface area contributed by atoms with Crippen molar-refractivity contribution in [3.63, 3.8) is 0 Å². The van der Waals surface area contributed by atoms with Crippen molar-refractivity contribution in [2.45, 2.75) is 13.3 Å². The smallest absolute Gasteiger partial charge is 0.274 e. The Labute approximate surface area is 203 Å². The number of hydrogen-bond acceptors (Lipinski definition) is 8. The van der Waals surface area contributed by atoms with E-state index in [1.807, 2.05) is 19.1 Å². The monoisotopic (exact) mass is 472 g/mol. The number of aromatic nitrogens is 3. The van der Waals surface area contributed by atoms with E-state index in [0.717, 1.165) is 55.2 Å². The van der Waals surface area contributed by atoms with Crippen molar-refractivity contribution in [2.75, 3.05) is 42.9 Å². The molecule has 1 aromatic carbocycles. The molecule has 0 radical (unpaired) electrons. The number of piperazine rings is 1. The van der Waals surface area contributed by atoms with Gasteiger partial charge in [-0.15, -0.1) is 10.2 Å². The molecule has 0 unspecified atom stereocenters. The van der Waals surface area contributed by atoms with Gasteiger partial charge in [0.25, 0.3) is 5.56 Å². The van der Waals surface area contributed by atoms with Crippen LogP contribution in [0.25, 0.3) is 11.1 Å². The van der Waals surface area contributed by atoms with Gasteiger partial charge in [0.2, 0.25) is 5.91 Å². The number of rotatable bonds is 7. The van der Waals surface area contributed by atoms with Gasteiger partial charge in [0, 0.05) is 63.5 Å². The van der Waals surface area contributed by atoms with Crippen LogP contribution in [0.1, 0.15) is 22.3 Å². The first-order valence-corrected chi connectivity index (χ1v) is 11.4. The van der Waals surface area contributed by atoms with Gasteiger partial charge in [-0.05, 0) is 42.3 Å². The molecule has 0 atom stereocenters. The number of nitrogens with one attached hydrogen (secondary N) is 1. The van der Waals surface area contributed by atoms with Crippen LogP contribution in [0.15, 0.2) is 47.4 Å². The minimum absolute atomic E-state index is 0.211. The summed E-state index contributed by atoms with van der Waals surface area (Å²) in [7, 11) is 1.68. The molecule has 1 aliphatic rings. The molecule has 0 spiro atoms. The first-order chi connectivity index (χ1) is 16.9. The van der Waals surface area contributed by atoms with E-state index in [2.05, 4.69) is 31.4 Å². The molecular formula is C25H28N8O2. The van der Waals surface area contributed by atoms with Gasteiger partial charge < -0.3 is 20.5 Å². The number of nitrogens with zero attached hydrogens (tertiary/aromatic N) is 6. The molecule has 0 bridgehead atoms. The van der Waals surface area contributed by atoms with Crippen LogP contribution in [0.2, 0.25) is 0 Å². The Kier molecular flexibility index (Phi) is 7.08. The topological polar surface area (TPSA) is 133 Å². The summed E-state index contributed by atoms with van der Waals surface area (Å²) in [4.78, 5) is 29.0. The summed E-state index contributed by atoms with van der Waals surface area (Å²) >= 11 is 0. The van der Waals surface area contributed by atoms with Gasteiger partial charge in [-0.1, -0.05) is 12.1 Å². The molecule has 2 aromatic heterocycles. The molecule has 1 amide bonds. The van der Waals surface area contributed by atoms with E-state index < -0.39 is 5.91 Å². The van der Waals surface area contributed by atoms with Crippen molar-refractivity contribution < 1.29 is 4.79 Å². The number of amides is 1. The van der Waals surface area contributed by atoms with Gasteiger partial charge in [-0.25, -0.2) is 0 Å². The Hall–Kier alpha value is -4.23. The maximum absolute atomic E-state index is 12.8. The third kappa shape index (κ3) is 5.31. The fourth-order valence-corrected chi connectivity index (χ4v) is 4.27. The molecule has 10 nitrogen and oxygen atoms in total. The highest BCUT2D eigenvalue weighted by molar-refractivity contribution is 5.96. The van der Waals surface area contributed by atoms with Crippen molar-refractivity contribution in [1.29, 1.82) is 5.26 Å². The molecule has 10 heteroatoms. The van der Waals surface area contributed by atoms with E-state index in [1.165, 1.54) is 4.57 Å². The number of pyridine rings is 1. The quantitative estimate of drug-likeness (QED) is 0.534. The molecule has 1 aliphatic heterocycles. The summed E-state index contributed by atoms with van der Waals surface area (Å²) in [6.07, 6.45) is 2.27. The molecule has 3 N–H and O–H groups in total. The van der Waals surface area contributed by atoms with Crippen LogP contribution >= 0.6 is 0 Å². The number of benzene rings is 1. The zero-order valence-electron chi connectivity index (χ0n) is 19.9. The van der Waals surface area contributed by atoms with E-state index in [1.54, 1.807) is 37.5 Å². The summed E-state index contributed by atoms with van der Waals surface area (Å²) in [6.45, 7) is 6.02. The van der Waals surface area contributed by atoms with Crippen molar-refractivity contribution in [1.82, 2.24) is 19.7 Å². The standard InChI is InChI=1S/C25H28N8O2/c1-17-19(5-3-6-20(17)24(27)34)18-15-21(25(35)31(2)16-18)28-22-7-8-23(30-29-22)33-13-11-32(12-14-33)10-4-9-26/h3,5-8,15-16H,4,10-14H2,1-2H3,(H2,27,34)(H,28,29). The van der Waals surface area contributed by atoms with Crippen LogP contribution < -0.4 is 21.5 Å². The molecule has 35 heavy (non-hydrogen) atoms. The third-order valence-corrected chi connectivity index (χ3v) is 6.24. The molecule has 0 saturated carbocycles.